The van der Waals surface area contributed by atoms with Crippen molar-refractivity contribution in [1.29, 1.82) is 0 Å². The lowest BCUT2D eigenvalue weighted by Gasteiger charge is -2.27. The van der Waals surface area contributed by atoms with Crippen LogP contribution in [0.3, 0.4) is 0 Å². The molecule has 0 spiro atoms. The van der Waals surface area contributed by atoms with Crippen molar-refractivity contribution in [1.82, 2.24) is 10.3 Å². The fraction of sp³-hybridized carbons (Fsp3) is 0.400. The van der Waals surface area contributed by atoms with Gasteiger partial charge in [-0.1, -0.05) is 18.2 Å². The summed E-state index contributed by atoms with van der Waals surface area (Å²) in [5.41, 5.74) is 1.89. The van der Waals surface area contributed by atoms with Crippen LogP contribution < -0.4 is 20.4 Å². The normalized spacial score (nSPS) is 14.8. The van der Waals surface area contributed by atoms with Gasteiger partial charge in [-0.2, -0.15) is 0 Å². The van der Waals surface area contributed by atoms with Crippen molar-refractivity contribution in [3.63, 3.8) is 0 Å². The highest BCUT2D eigenvalue weighted by Gasteiger charge is 2.18. The zero-order valence-corrected chi connectivity index (χ0v) is 15.5. The zero-order chi connectivity index (χ0) is 18.4. The second-order valence-electron chi connectivity index (χ2n) is 6.70. The van der Waals surface area contributed by atoms with E-state index in [0.717, 1.165) is 30.3 Å². The van der Waals surface area contributed by atoms with Crippen LogP contribution >= 0.6 is 0 Å². The molecule has 1 aliphatic heterocycles. The van der Waals surface area contributed by atoms with Gasteiger partial charge in [0.2, 0.25) is 0 Å². The Balaban J connectivity index is 1.54. The van der Waals surface area contributed by atoms with Crippen molar-refractivity contribution in [3.8, 4) is 0 Å². The lowest BCUT2D eigenvalue weighted by atomic mass is 10.2. The van der Waals surface area contributed by atoms with Crippen molar-refractivity contribution in [2.45, 2.75) is 25.8 Å². The molecule has 1 aliphatic rings. The third-order valence-electron chi connectivity index (χ3n) is 4.82. The van der Waals surface area contributed by atoms with Crippen LogP contribution in [0.5, 0.6) is 0 Å². The number of amides is 2. The lowest BCUT2D eigenvalue weighted by Crippen LogP contribution is -2.41. The Labute approximate surface area is 155 Å². The largest absolute Gasteiger partial charge is 0.370 e. The maximum atomic E-state index is 12.4. The van der Waals surface area contributed by atoms with Gasteiger partial charge in [-0.3, -0.25) is 0 Å². The van der Waals surface area contributed by atoms with Crippen LogP contribution in [0.2, 0.25) is 0 Å². The van der Waals surface area contributed by atoms with Crippen LogP contribution in [0, 0.1) is 0 Å². The van der Waals surface area contributed by atoms with E-state index in [2.05, 4.69) is 44.5 Å². The Kier molecular flexibility index (Phi) is 5.94. The van der Waals surface area contributed by atoms with E-state index < -0.39 is 0 Å². The van der Waals surface area contributed by atoms with Gasteiger partial charge < -0.3 is 20.4 Å². The minimum atomic E-state index is -0.202. The van der Waals surface area contributed by atoms with Gasteiger partial charge in [0.1, 0.15) is 0 Å². The molecule has 2 heterocycles. The monoisotopic (exact) mass is 353 g/mol. The second-order valence-corrected chi connectivity index (χ2v) is 6.70. The number of nitrogens with one attached hydrogen (secondary N) is 2. The summed E-state index contributed by atoms with van der Waals surface area (Å²) in [6.45, 7) is 4.63. The number of likely N-dealkylation sites (N-methyl/N-ethyl adjacent to an activating group) is 1. The number of hydrogen-bond acceptors (Lipinski definition) is 4. The molecule has 6 nitrogen and oxygen atoms in total. The summed E-state index contributed by atoms with van der Waals surface area (Å²) in [6.07, 6.45) is 4.12. The maximum Gasteiger partial charge on any atom is 0.319 e. The molecule has 1 aromatic heterocycles. The molecule has 1 fully saturated rings. The summed E-state index contributed by atoms with van der Waals surface area (Å²) in [5.74, 6) is 0.856. The van der Waals surface area contributed by atoms with Crippen molar-refractivity contribution in [2.75, 3.05) is 41.8 Å². The SMILES string of the molecule is C[C@@H](CNC(=O)Nc1cccnc1N1CCCC1)N(C)c1ccccc1. The standard InChI is InChI=1S/C20H27N5O/c1-16(24(2)17-9-4-3-5-10-17)15-22-20(26)23-18-11-8-12-21-19(18)25-13-6-7-14-25/h3-5,8-12,16H,6-7,13-15H2,1-2H3,(H2,22,23,26)/t16-/m0/s1. The average Bonchev–Trinajstić information content (AvgIpc) is 3.21. The number of aromatic nitrogens is 1. The smallest absolute Gasteiger partial charge is 0.319 e. The third-order valence-corrected chi connectivity index (χ3v) is 4.82. The van der Waals surface area contributed by atoms with Crippen LogP contribution in [0.4, 0.5) is 22.0 Å². The van der Waals surface area contributed by atoms with E-state index in [1.165, 1.54) is 12.8 Å². The predicted molar refractivity (Wildman–Crippen MR) is 107 cm³/mol. The van der Waals surface area contributed by atoms with Gasteiger partial charge in [0.15, 0.2) is 5.82 Å². The van der Waals surface area contributed by atoms with E-state index in [0.29, 0.717) is 6.54 Å². The molecule has 2 aromatic rings. The van der Waals surface area contributed by atoms with E-state index >= 15 is 0 Å². The van der Waals surface area contributed by atoms with Crippen molar-refractivity contribution >= 4 is 23.2 Å². The van der Waals surface area contributed by atoms with Gasteiger partial charge in [-0.05, 0) is 44.0 Å². The molecule has 3 rings (SSSR count). The first kappa shape index (κ1) is 18.0. The molecule has 0 bridgehead atoms. The van der Waals surface area contributed by atoms with Gasteiger partial charge in [0.05, 0.1) is 5.69 Å². The van der Waals surface area contributed by atoms with E-state index in [-0.39, 0.29) is 12.1 Å². The van der Waals surface area contributed by atoms with E-state index in [4.69, 9.17) is 0 Å². The third kappa shape index (κ3) is 4.45. The number of anilines is 3. The molecule has 6 heteroatoms. The number of nitrogens with zero attached hydrogens (tertiary/aromatic N) is 3. The van der Waals surface area contributed by atoms with Crippen molar-refractivity contribution < 1.29 is 4.79 Å². The summed E-state index contributed by atoms with van der Waals surface area (Å²) in [5, 5.41) is 5.91. The Bertz CT molecular complexity index is 715. The first-order valence-electron chi connectivity index (χ1n) is 9.18. The molecule has 138 valence electrons. The first-order chi connectivity index (χ1) is 12.6. The lowest BCUT2D eigenvalue weighted by molar-refractivity contribution is 0.251. The molecule has 0 aliphatic carbocycles. The molecule has 0 radical (unpaired) electrons. The van der Waals surface area contributed by atoms with Crippen LogP contribution in [0.15, 0.2) is 48.7 Å². The minimum Gasteiger partial charge on any atom is -0.370 e. The Morgan fingerprint density at radius 1 is 1.19 bits per heavy atom. The molecule has 26 heavy (non-hydrogen) atoms. The van der Waals surface area contributed by atoms with Gasteiger partial charge in [-0.25, -0.2) is 9.78 Å². The highest BCUT2D eigenvalue weighted by molar-refractivity contribution is 5.92. The minimum absolute atomic E-state index is 0.176. The molecular formula is C20H27N5O. The number of carbonyl (C=O) groups excluding carboxylic acids is 1. The summed E-state index contributed by atoms with van der Waals surface area (Å²) in [6, 6.07) is 13.9. The van der Waals surface area contributed by atoms with Crippen LogP contribution in [-0.4, -0.2) is 43.7 Å². The fourth-order valence-electron chi connectivity index (χ4n) is 3.14. The number of urea groups is 1. The van der Waals surface area contributed by atoms with Crippen LogP contribution in [0.1, 0.15) is 19.8 Å². The molecule has 1 saturated heterocycles. The van der Waals surface area contributed by atoms with Crippen molar-refractivity contribution in [2.24, 2.45) is 0 Å². The molecule has 0 saturated carbocycles. The van der Waals surface area contributed by atoms with E-state index in [1.807, 2.05) is 37.4 Å². The molecule has 1 aromatic carbocycles. The fourth-order valence-corrected chi connectivity index (χ4v) is 3.14. The Morgan fingerprint density at radius 2 is 1.92 bits per heavy atom. The van der Waals surface area contributed by atoms with Gasteiger partial charge in [0, 0.05) is 44.6 Å². The number of para-hydroxylation sites is 1. The summed E-state index contributed by atoms with van der Waals surface area (Å²) in [4.78, 5) is 21.2. The van der Waals surface area contributed by atoms with Gasteiger partial charge in [0.25, 0.3) is 0 Å². The molecule has 2 amide bonds. The molecule has 0 unspecified atom stereocenters. The topological polar surface area (TPSA) is 60.5 Å². The van der Waals surface area contributed by atoms with Gasteiger partial charge >= 0.3 is 6.03 Å². The van der Waals surface area contributed by atoms with E-state index in [1.54, 1.807) is 6.20 Å². The molecular weight excluding hydrogens is 326 g/mol. The van der Waals surface area contributed by atoms with Gasteiger partial charge in [-0.15, -0.1) is 0 Å². The number of benzene rings is 1. The zero-order valence-electron chi connectivity index (χ0n) is 15.5. The van der Waals surface area contributed by atoms with Crippen LogP contribution in [-0.2, 0) is 0 Å². The summed E-state index contributed by atoms with van der Waals surface area (Å²) in [7, 11) is 2.03. The Hall–Kier alpha value is -2.76. The highest BCUT2D eigenvalue weighted by atomic mass is 16.2. The maximum absolute atomic E-state index is 12.4. The summed E-state index contributed by atoms with van der Waals surface area (Å²) >= 11 is 0. The van der Waals surface area contributed by atoms with E-state index in [9.17, 15) is 4.79 Å². The summed E-state index contributed by atoms with van der Waals surface area (Å²) < 4.78 is 0. The highest BCUT2D eigenvalue weighted by Crippen LogP contribution is 2.25. The average molecular weight is 353 g/mol. The quantitative estimate of drug-likeness (QED) is 0.836. The number of pyridine rings is 1. The van der Waals surface area contributed by atoms with Crippen molar-refractivity contribution in [3.05, 3.63) is 48.7 Å². The van der Waals surface area contributed by atoms with Crippen LogP contribution in [0.25, 0.3) is 0 Å². The second kappa shape index (κ2) is 8.56. The Morgan fingerprint density at radius 3 is 2.65 bits per heavy atom. The number of carbonyl (C=O) groups is 1. The molecule has 1 atom stereocenters. The molecule has 2 N–H and O–H groups in total. The predicted octanol–water partition coefficient (Wildman–Crippen LogP) is 3.33. The number of hydrogen-bond donors (Lipinski definition) is 2. The first-order valence-corrected chi connectivity index (χ1v) is 9.18. The number of rotatable bonds is 6.